The van der Waals surface area contributed by atoms with Crippen molar-refractivity contribution in [3.63, 3.8) is 0 Å². The highest BCUT2D eigenvalue weighted by Gasteiger charge is 2.12. The highest BCUT2D eigenvalue weighted by molar-refractivity contribution is 7.85. The van der Waals surface area contributed by atoms with Crippen LogP contribution in [0.25, 0.3) is 32.3 Å². The van der Waals surface area contributed by atoms with Crippen LogP contribution < -0.4 is 5.32 Å². The molecule has 0 radical (unpaired) electrons. The van der Waals surface area contributed by atoms with Gasteiger partial charge < -0.3 is 5.32 Å². The first-order chi connectivity index (χ1) is 15.4. The lowest BCUT2D eigenvalue weighted by atomic mass is 9.90. The molecule has 6 heteroatoms. The van der Waals surface area contributed by atoms with Gasteiger partial charge in [-0.15, -0.1) is 0 Å². The summed E-state index contributed by atoms with van der Waals surface area (Å²) in [6.45, 7) is 0. The Bertz CT molecular complexity index is 1540. The molecule has 0 unspecified atom stereocenters. The highest BCUT2D eigenvalue weighted by atomic mass is 32.2. The van der Waals surface area contributed by atoms with Gasteiger partial charge in [0.15, 0.2) is 0 Å². The summed E-state index contributed by atoms with van der Waals surface area (Å²) in [5, 5.41) is 10.3. The monoisotopic (exact) mass is 443 g/mol. The van der Waals surface area contributed by atoms with Gasteiger partial charge >= 0.3 is 0 Å². The molecule has 0 fully saturated rings. The van der Waals surface area contributed by atoms with E-state index in [1.54, 1.807) is 0 Å². The summed E-state index contributed by atoms with van der Waals surface area (Å²) in [7, 11) is -4.24. The van der Waals surface area contributed by atoms with Gasteiger partial charge in [-0.2, -0.15) is 8.42 Å². The maximum absolute atomic E-state index is 12.3. The summed E-state index contributed by atoms with van der Waals surface area (Å²) in [6.07, 6.45) is 1.82. The van der Waals surface area contributed by atoms with Crippen LogP contribution in [0.5, 0.6) is 0 Å². The first kappa shape index (κ1) is 20.4. The van der Waals surface area contributed by atoms with E-state index < -0.39 is 10.1 Å². The van der Waals surface area contributed by atoms with E-state index in [0.29, 0.717) is 18.5 Å². The van der Waals surface area contributed by atoms with Crippen LogP contribution in [0.4, 0.5) is 5.69 Å². The third-order valence-electron chi connectivity index (χ3n) is 5.90. The van der Waals surface area contributed by atoms with Gasteiger partial charge in [-0.25, -0.2) is 0 Å². The molecule has 32 heavy (non-hydrogen) atoms. The van der Waals surface area contributed by atoms with Gasteiger partial charge in [-0.3, -0.25) is 9.35 Å². The first-order valence-corrected chi connectivity index (χ1v) is 11.9. The molecule has 0 aliphatic rings. The second-order valence-corrected chi connectivity index (χ2v) is 9.40. The highest BCUT2D eigenvalue weighted by Crippen LogP contribution is 2.36. The molecular formula is C26H21NO4S. The number of rotatable bonds is 6. The van der Waals surface area contributed by atoms with E-state index in [1.807, 2.05) is 0 Å². The van der Waals surface area contributed by atoms with E-state index in [-0.39, 0.29) is 10.8 Å². The summed E-state index contributed by atoms with van der Waals surface area (Å²) in [5.41, 5.74) is 1.71. The standard InChI is InChI=1S/C26H21NO4S/c28-24(27-21-12-14-22(15-13-21)32(29,30)31)6-2-3-17-7-8-20-10-9-18-4-1-5-19-11-16-23(17)26(20)25(18)19/h1,4-5,7-16H,2-3,6H2,(H,27,28)(H,29,30,31). The molecule has 5 aromatic carbocycles. The van der Waals surface area contributed by atoms with E-state index in [1.165, 1.54) is 62.1 Å². The Hall–Kier alpha value is -3.48. The van der Waals surface area contributed by atoms with Gasteiger partial charge in [0.05, 0.1) is 4.90 Å². The number of hydrogen-bond acceptors (Lipinski definition) is 3. The minimum absolute atomic E-state index is 0.137. The molecule has 0 atom stereocenters. The number of carbonyl (C=O) groups is 1. The van der Waals surface area contributed by atoms with E-state index in [2.05, 4.69) is 59.9 Å². The Balaban J connectivity index is 1.31. The van der Waals surface area contributed by atoms with Gasteiger partial charge in [-0.1, -0.05) is 54.6 Å². The third kappa shape index (κ3) is 3.79. The number of aryl methyl sites for hydroxylation is 1. The van der Waals surface area contributed by atoms with Crippen molar-refractivity contribution in [2.75, 3.05) is 5.32 Å². The van der Waals surface area contributed by atoms with Crippen molar-refractivity contribution < 1.29 is 17.8 Å². The third-order valence-corrected chi connectivity index (χ3v) is 6.77. The molecule has 5 nitrogen and oxygen atoms in total. The van der Waals surface area contributed by atoms with Crippen LogP contribution in [0, 0.1) is 0 Å². The minimum Gasteiger partial charge on any atom is -0.326 e. The number of carbonyl (C=O) groups excluding carboxylic acids is 1. The van der Waals surface area contributed by atoms with E-state index in [0.717, 1.165) is 6.42 Å². The second kappa shape index (κ2) is 7.89. The predicted octanol–water partition coefficient (Wildman–Crippen LogP) is 5.79. The number of amides is 1. The molecule has 5 aromatic rings. The molecule has 0 saturated heterocycles. The normalized spacial score (nSPS) is 12.0. The topological polar surface area (TPSA) is 83.5 Å². The van der Waals surface area contributed by atoms with Crippen molar-refractivity contribution in [3.8, 4) is 0 Å². The van der Waals surface area contributed by atoms with Gasteiger partial charge in [-0.05, 0) is 75.0 Å². The van der Waals surface area contributed by atoms with Gasteiger partial charge in [0.25, 0.3) is 10.1 Å². The Kier molecular flexibility index (Phi) is 5.04. The Morgan fingerprint density at radius 1 is 0.781 bits per heavy atom. The summed E-state index contributed by atoms with van der Waals surface area (Å²) < 4.78 is 31.3. The molecular weight excluding hydrogens is 422 g/mol. The lowest BCUT2D eigenvalue weighted by molar-refractivity contribution is -0.116. The average molecular weight is 444 g/mol. The van der Waals surface area contributed by atoms with Crippen LogP contribution in [-0.2, 0) is 21.3 Å². The fraction of sp³-hybridized carbons (Fsp3) is 0.115. The SMILES string of the molecule is O=C(CCCc1ccc2ccc3cccc4ccc1c2c34)Nc1ccc(S(=O)(=O)O)cc1. The number of hydrogen-bond donors (Lipinski definition) is 2. The van der Waals surface area contributed by atoms with Gasteiger partial charge in [0, 0.05) is 12.1 Å². The molecule has 0 bridgehead atoms. The smallest absolute Gasteiger partial charge is 0.294 e. The predicted molar refractivity (Wildman–Crippen MR) is 128 cm³/mol. The zero-order valence-electron chi connectivity index (χ0n) is 17.2. The lowest BCUT2D eigenvalue weighted by Gasteiger charge is -2.14. The number of nitrogens with one attached hydrogen (secondary N) is 1. The summed E-state index contributed by atoms with van der Waals surface area (Å²) in [4.78, 5) is 12.1. The molecule has 0 heterocycles. The minimum atomic E-state index is -4.24. The number of anilines is 1. The van der Waals surface area contributed by atoms with E-state index in [9.17, 15) is 13.2 Å². The van der Waals surface area contributed by atoms with Gasteiger partial charge in [0.2, 0.25) is 5.91 Å². The van der Waals surface area contributed by atoms with Crippen LogP contribution >= 0.6 is 0 Å². The molecule has 0 aliphatic heterocycles. The molecule has 2 N–H and O–H groups in total. The van der Waals surface area contributed by atoms with Crippen molar-refractivity contribution in [3.05, 3.63) is 84.4 Å². The first-order valence-electron chi connectivity index (χ1n) is 10.4. The van der Waals surface area contributed by atoms with Crippen molar-refractivity contribution in [2.45, 2.75) is 24.2 Å². The largest absolute Gasteiger partial charge is 0.326 e. The summed E-state index contributed by atoms with van der Waals surface area (Å²) in [6, 6.07) is 24.8. The van der Waals surface area contributed by atoms with Crippen LogP contribution in [-0.4, -0.2) is 18.9 Å². The van der Waals surface area contributed by atoms with Crippen molar-refractivity contribution >= 4 is 54.0 Å². The van der Waals surface area contributed by atoms with Crippen molar-refractivity contribution in [1.82, 2.24) is 0 Å². The van der Waals surface area contributed by atoms with Crippen LogP contribution in [0.2, 0.25) is 0 Å². The van der Waals surface area contributed by atoms with Crippen LogP contribution in [0.1, 0.15) is 18.4 Å². The maximum atomic E-state index is 12.3. The fourth-order valence-corrected chi connectivity index (χ4v) is 4.87. The fourth-order valence-electron chi connectivity index (χ4n) is 4.39. The molecule has 0 saturated carbocycles. The zero-order valence-corrected chi connectivity index (χ0v) is 18.0. The Labute approximate surface area is 185 Å². The van der Waals surface area contributed by atoms with Crippen molar-refractivity contribution in [1.29, 1.82) is 0 Å². The average Bonchev–Trinajstić information content (AvgIpc) is 2.78. The molecule has 1 amide bonds. The summed E-state index contributed by atoms with van der Waals surface area (Å²) >= 11 is 0. The molecule has 0 aliphatic carbocycles. The van der Waals surface area contributed by atoms with E-state index >= 15 is 0 Å². The molecule has 0 aromatic heterocycles. The van der Waals surface area contributed by atoms with Crippen molar-refractivity contribution in [2.24, 2.45) is 0 Å². The molecule has 0 spiro atoms. The maximum Gasteiger partial charge on any atom is 0.294 e. The number of benzene rings is 5. The quantitative estimate of drug-likeness (QED) is 0.257. The Morgan fingerprint density at radius 3 is 2.09 bits per heavy atom. The zero-order chi connectivity index (χ0) is 22.3. The lowest BCUT2D eigenvalue weighted by Crippen LogP contribution is -2.11. The van der Waals surface area contributed by atoms with Crippen LogP contribution in [0.15, 0.2) is 83.8 Å². The molecule has 160 valence electrons. The van der Waals surface area contributed by atoms with Crippen LogP contribution in [0.3, 0.4) is 0 Å². The second-order valence-electron chi connectivity index (χ2n) is 7.98. The Morgan fingerprint density at radius 2 is 1.41 bits per heavy atom. The molecule has 5 rings (SSSR count). The summed E-state index contributed by atoms with van der Waals surface area (Å²) in [5.74, 6) is -0.137. The van der Waals surface area contributed by atoms with E-state index in [4.69, 9.17) is 4.55 Å². The van der Waals surface area contributed by atoms with Gasteiger partial charge in [0.1, 0.15) is 0 Å².